The first kappa shape index (κ1) is 17.3. The molecule has 0 radical (unpaired) electrons. The molecule has 114 valence electrons. The van der Waals surface area contributed by atoms with E-state index in [1.54, 1.807) is 0 Å². The van der Waals surface area contributed by atoms with E-state index in [2.05, 4.69) is 34.7 Å². The molecule has 20 heavy (non-hydrogen) atoms. The van der Waals surface area contributed by atoms with E-state index in [0.717, 1.165) is 43.7 Å². The summed E-state index contributed by atoms with van der Waals surface area (Å²) >= 11 is 1.50. The summed E-state index contributed by atoms with van der Waals surface area (Å²) in [6.07, 6.45) is 5.29. The van der Waals surface area contributed by atoms with E-state index in [9.17, 15) is 4.79 Å². The van der Waals surface area contributed by atoms with Crippen LogP contribution >= 0.6 is 23.7 Å². The van der Waals surface area contributed by atoms with Crippen LogP contribution in [-0.4, -0.2) is 28.7 Å². The Kier molecular flexibility index (Phi) is 7.40. The number of anilines is 1. The van der Waals surface area contributed by atoms with Crippen LogP contribution in [0.3, 0.4) is 0 Å². The highest BCUT2D eigenvalue weighted by atomic mass is 35.5. The maximum atomic E-state index is 12.1. The number of piperidine rings is 1. The molecule has 1 amide bonds. The van der Waals surface area contributed by atoms with Gasteiger partial charge in [-0.3, -0.25) is 10.1 Å². The lowest BCUT2D eigenvalue weighted by molar-refractivity contribution is -0.118. The lowest BCUT2D eigenvalue weighted by Gasteiger charge is -2.21. The van der Waals surface area contributed by atoms with Crippen LogP contribution in [0, 0.1) is 0 Å². The summed E-state index contributed by atoms with van der Waals surface area (Å²) in [5, 5.41) is 16.0. The van der Waals surface area contributed by atoms with Crippen LogP contribution in [0.2, 0.25) is 0 Å². The number of nitrogens with one attached hydrogen (secondary N) is 2. The topological polar surface area (TPSA) is 66.9 Å². The quantitative estimate of drug-likeness (QED) is 0.876. The standard InChI is InChI=1S/C13H22N4OS.ClH/c1-3-9(4-2)12-16-17-13(19-12)15-11(18)10-7-5-6-8-14-10;/h9-10,14H,3-8H2,1-2H3,(H,15,17,18);1H. The van der Waals surface area contributed by atoms with Gasteiger partial charge in [-0.1, -0.05) is 31.6 Å². The van der Waals surface area contributed by atoms with Crippen molar-refractivity contribution < 1.29 is 4.79 Å². The Hall–Kier alpha value is -0.720. The molecule has 7 heteroatoms. The molecule has 1 fully saturated rings. The van der Waals surface area contributed by atoms with Crippen molar-refractivity contribution in [2.75, 3.05) is 11.9 Å². The first-order valence-corrected chi connectivity index (χ1v) is 7.93. The summed E-state index contributed by atoms with van der Waals surface area (Å²) in [5.74, 6) is 0.475. The molecule has 0 bridgehead atoms. The molecule has 1 unspecified atom stereocenters. The molecule has 0 aliphatic carbocycles. The first-order chi connectivity index (χ1) is 9.24. The van der Waals surface area contributed by atoms with E-state index < -0.39 is 0 Å². The molecule has 5 nitrogen and oxygen atoms in total. The van der Waals surface area contributed by atoms with E-state index in [4.69, 9.17) is 0 Å². The van der Waals surface area contributed by atoms with Gasteiger partial charge in [-0.2, -0.15) is 0 Å². The van der Waals surface area contributed by atoms with Gasteiger partial charge in [0.1, 0.15) is 5.01 Å². The molecule has 1 aromatic rings. The lowest BCUT2D eigenvalue weighted by atomic mass is 10.0. The minimum atomic E-state index is -0.0748. The van der Waals surface area contributed by atoms with Gasteiger partial charge in [0.05, 0.1) is 6.04 Å². The fraction of sp³-hybridized carbons (Fsp3) is 0.769. The van der Waals surface area contributed by atoms with Crippen molar-refractivity contribution in [1.29, 1.82) is 0 Å². The molecule has 2 rings (SSSR count). The van der Waals surface area contributed by atoms with Gasteiger partial charge in [0, 0.05) is 5.92 Å². The van der Waals surface area contributed by atoms with Crippen molar-refractivity contribution in [2.24, 2.45) is 0 Å². The van der Waals surface area contributed by atoms with E-state index in [1.807, 2.05) is 0 Å². The smallest absolute Gasteiger partial charge is 0.243 e. The molecule has 1 aliphatic rings. The second-order valence-corrected chi connectivity index (χ2v) is 5.96. The van der Waals surface area contributed by atoms with Gasteiger partial charge >= 0.3 is 0 Å². The Morgan fingerprint density at radius 1 is 1.40 bits per heavy atom. The molecule has 1 aliphatic heterocycles. The highest BCUT2D eigenvalue weighted by Crippen LogP contribution is 2.28. The molecule has 2 heterocycles. The van der Waals surface area contributed by atoms with Gasteiger partial charge in [0.15, 0.2) is 0 Å². The maximum Gasteiger partial charge on any atom is 0.243 e. The minimum Gasteiger partial charge on any atom is -0.306 e. The van der Waals surface area contributed by atoms with Gasteiger partial charge in [-0.15, -0.1) is 22.6 Å². The third-order valence-electron chi connectivity index (χ3n) is 3.63. The molecule has 0 aromatic carbocycles. The number of nitrogens with zero attached hydrogens (tertiary/aromatic N) is 2. The van der Waals surface area contributed by atoms with Gasteiger partial charge in [0.2, 0.25) is 11.0 Å². The van der Waals surface area contributed by atoms with Crippen LogP contribution in [0.5, 0.6) is 0 Å². The Balaban J connectivity index is 0.00000200. The summed E-state index contributed by atoms with van der Waals surface area (Å²) in [5.41, 5.74) is 0. The highest BCUT2D eigenvalue weighted by molar-refractivity contribution is 7.15. The second kappa shape index (κ2) is 8.54. The SMILES string of the molecule is CCC(CC)c1nnc(NC(=O)C2CCCCN2)s1.Cl. The Morgan fingerprint density at radius 2 is 2.15 bits per heavy atom. The van der Waals surface area contributed by atoms with E-state index in [1.165, 1.54) is 11.3 Å². The largest absolute Gasteiger partial charge is 0.306 e. The average molecular weight is 319 g/mol. The predicted molar refractivity (Wildman–Crippen MR) is 84.8 cm³/mol. The second-order valence-electron chi connectivity index (χ2n) is 4.95. The molecule has 0 saturated carbocycles. The van der Waals surface area contributed by atoms with Crippen molar-refractivity contribution in [3.05, 3.63) is 5.01 Å². The number of halogens is 1. The molecule has 1 atom stereocenters. The Bertz CT molecular complexity index is 416. The number of carbonyl (C=O) groups excluding carboxylic acids is 1. The lowest BCUT2D eigenvalue weighted by Crippen LogP contribution is -2.43. The molecule has 2 N–H and O–H groups in total. The van der Waals surface area contributed by atoms with Gasteiger partial charge in [-0.25, -0.2) is 0 Å². The van der Waals surface area contributed by atoms with Gasteiger partial charge in [0.25, 0.3) is 0 Å². The number of aromatic nitrogens is 2. The fourth-order valence-corrected chi connectivity index (χ4v) is 3.37. The Morgan fingerprint density at radius 3 is 2.75 bits per heavy atom. The van der Waals surface area contributed by atoms with Crippen LogP contribution in [0.25, 0.3) is 0 Å². The Labute approximate surface area is 130 Å². The minimum absolute atomic E-state index is 0. The third kappa shape index (κ3) is 4.40. The van der Waals surface area contributed by atoms with Crippen molar-refractivity contribution in [1.82, 2.24) is 15.5 Å². The van der Waals surface area contributed by atoms with Crippen LogP contribution < -0.4 is 10.6 Å². The predicted octanol–water partition coefficient (Wildman–Crippen LogP) is 2.94. The van der Waals surface area contributed by atoms with Crippen LogP contribution in [0.4, 0.5) is 5.13 Å². The zero-order valence-corrected chi connectivity index (χ0v) is 13.6. The maximum absolute atomic E-state index is 12.1. The average Bonchev–Trinajstić information content (AvgIpc) is 2.89. The number of hydrogen-bond donors (Lipinski definition) is 2. The molecule has 1 aromatic heterocycles. The van der Waals surface area contributed by atoms with Gasteiger partial charge in [-0.05, 0) is 32.2 Å². The molecular weight excluding hydrogens is 296 g/mol. The molecule has 1 saturated heterocycles. The van der Waals surface area contributed by atoms with Crippen LogP contribution in [-0.2, 0) is 4.79 Å². The van der Waals surface area contributed by atoms with Crippen LogP contribution in [0.15, 0.2) is 0 Å². The summed E-state index contributed by atoms with van der Waals surface area (Å²) in [6.45, 7) is 5.23. The number of hydrogen-bond acceptors (Lipinski definition) is 5. The summed E-state index contributed by atoms with van der Waals surface area (Å²) in [4.78, 5) is 12.1. The number of rotatable bonds is 5. The van der Waals surface area contributed by atoms with E-state index in [0.29, 0.717) is 11.0 Å². The van der Waals surface area contributed by atoms with Crippen molar-refractivity contribution in [3.63, 3.8) is 0 Å². The monoisotopic (exact) mass is 318 g/mol. The highest BCUT2D eigenvalue weighted by Gasteiger charge is 2.22. The molecular formula is C13H23ClN4OS. The zero-order valence-electron chi connectivity index (χ0n) is 12.0. The normalized spacial score (nSPS) is 18.6. The van der Waals surface area contributed by atoms with Gasteiger partial charge < -0.3 is 5.32 Å². The number of amides is 1. The number of carbonyl (C=O) groups is 1. The third-order valence-corrected chi connectivity index (χ3v) is 4.63. The zero-order chi connectivity index (χ0) is 13.7. The van der Waals surface area contributed by atoms with Crippen LogP contribution in [0.1, 0.15) is 56.9 Å². The summed E-state index contributed by atoms with van der Waals surface area (Å²) in [7, 11) is 0. The summed E-state index contributed by atoms with van der Waals surface area (Å²) < 4.78 is 0. The fourth-order valence-electron chi connectivity index (χ4n) is 2.36. The van der Waals surface area contributed by atoms with Crippen molar-refractivity contribution >= 4 is 34.8 Å². The van der Waals surface area contributed by atoms with Crippen molar-refractivity contribution in [3.8, 4) is 0 Å². The molecule has 0 spiro atoms. The van der Waals surface area contributed by atoms with Crippen molar-refractivity contribution in [2.45, 2.75) is 57.9 Å². The van der Waals surface area contributed by atoms with E-state index >= 15 is 0 Å². The van der Waals surface area contributed by atoms with E-state index in [-0.39, 0.29) is 24.4 Å². The summed E-state index contributed by atoms with van der Waals surface area (Å²) in [6, 6.07) is -0.0748. The first-order valence-electron chi connectivity index (χ1n) is 7.12.